The summed E-state index contributed by atoms with van der Waals surface area (Å²) in [5.41, 5.74) is 5.89. The number of hydrogen-bond acceptors (Lipinski definition) is 2. The van der Waals surface area contributed by atoms with Crippen LogP contribution in [0.4, 0.5) is 11.4 Å². The molecule has 3 rings (SSSR count). The average molecular weight is 350 g/mol. The first-order valence-electron chi connectivity index (χ1n) is 9.28. The van der Waals surface area contributed by atoms with Crippen molar-refractivity contribution in [3.8, 4) is 0 Å². The topological polar surface area (TPSA) is 40.6 Å². The molecular formula is C22H26N2O2. The van der Waals surface area contributed by atoms with E-state index >= 15 is 0 Å². The number of fused-ring (bicyclic) bond motifs is 1. The van der Waals surface area contributed by atoms with Crippen molar-refractivity contribution in [3.05, 3.63) is 58.7 Å². The maximum atomic E-state index is 13.2. The van der Waals surface area contributed by atoms with Gasteiger partial charge in [-0.15, -0.1) is 0 Å². The van der Waals surface area contributed by atoms with Gasteiger partial charge in [-0.2, -0.15) is 0 Å². The fourth-order valence-electron chi connectivity index (χ4n) is 3.57. The Labute approximate surface area is 155 Å². The third-order valence-electron chi connectivity index (χ3n) is 5.04. The Balaban J connectivity index is 1.93. The van der Waals surface area contributed by atoms with Crippen molar-refractivity contribution in [2.45, 2.75) is 40.5 Å². The monoisotopic (exact) mass is 350 g/mol. The molecular weight excluding hydrogens is 324 g/mol. The molecule has 1 aliphatic heterocycles. The van der Waals surface area contributed by atoms with Crippen molar-refractivity contribution in [2.24, 2.45) is 0 Å². The SMILES string of the molecule is CCC(=O)N1CCc2cc(C(=O)N(CC)c3cc(C)ccc3C)ccc21. The van der Waals surface area contributed by atoms with E-state index in [2.05, 4.69) is 18.2 Å². The van der Waals surface area contributed by atoms with Crippen molar-refractivity contribution in [1.82, 2.24) is 0 Å². The van der Waals surface area contributed by atoms with E-state index in [9.17, 15) is 9.59 Å². The third kappa shape index (κ3) is 3.24. The molecule has 0 atom stereocenters. The number of amides is 2. The molecule has 4 nitrogen and oxygen atoms in total. The van der Waals surface area contributed by atoms with Gasteiger partial charge in [0.15, 0.2) is 0 Å². The van der Waals surface area contributed by atoms with Crippen LogP contribution in [-0.4, -0.2) is 24.9 Å². The fraction of sp³-hybridized carbons (Fsp3) is 0.364. The number of aryl methyl sites for hydroxylation is 2. The molecule has 136 valence electrons. The van der Waals surface area contributed by atoms with Crippen LogP contribution in [0.3, 0.4) is 0 Å². The van der Waals surface area contributed by atoms with E-state index in [1.165, 1.54) is 0 Å². The molecule has 2 amide bonds. The Morgan fingerprint density at radius 3 is 2.54 bits per heavy atom. The quantitative estimate of drug-likeness (QED) is 0.826. The summed E-state index contributed by atoms with van der Waals surface area (Å²) < 4.78 is 0. The first-order chi connectivity index (χ1) is 12.5. The van der Waals surface area contributed by atoms with Gasteiger partial charge in [0.2, 0.25) is 5.91 Å². The minimum absolute atomic E-state index is 0.00395. The van der Waals surface area contributed by atoms with Gasteiger partial charge in [0.05, 0.1) is 0 Å². The van der Waals surface area contributed by atoms with Crippen LogP contribution in [0.2, 0.25) is 0 Å². The van der Waals surface area contributed by atoms with Gasteiger partial charge in [-0.1, -0.05) is 19.1 Å². The number of rotatable bonds is 4. The zero-order valence-electron chi connectivity index (χ0n) is 16.0. The zero-order chi connectivity index (χ0) is 18.8. The Kier molecular flexibility index (Phi) is 5.12. The molecule has 0 bridgehead atoms. The molecule has 0 saturated carbocycles. The van der Waals surface area contributed by atoms with Crippen LogP contribution in [0, 0.1) is 13.8 Å². The van der Waals surface area contributed by atoms with E-state index in [4.69, 9.17) is 0 Å². The highest BCUT2D eigenvalue weighted by Crippen LogP contribution is 2.31. The lowest BCUT2D eigenvalue weighted by Gasteiger charge is -2.24. The zero-order valence-corrected chi connectivity index (χ0v) is 16.0. The number of nitrogens with zero attached hydrogens (tertiary/aromatic N) is 2. The third-order valence-corrected chi connectivity index (χ3v) is 5.04. The highest BCUT2D eigenvalue weighted by Gasteiger charge is 2.25. The van der Waals surface area contributed by atoms with Crippen LogP contribution in [0.25, 0.3) is 0 Å². The van der Waals surface area contributed by atoms with Gasteiger partial charge in [-0.25, -0.2) is 0 Å². The number of carbonyl (C=O) groups excluding carboxylic acids is 2. The molecule has 0 unspecified atom stereocenters. The fourth-order valence-corrected chi connectivity index (χ4v) is 3.57. The van der Waals surface area contributed by atoms with Crippen LogP contribution in [0.5, 0.6) is 0 Å². The maximum Gasteiger partial charge on any atom is 0.258 e. The van der Waals surface area contributed by atoms with Crippen molar-refractivity contribution >= 4 is 23.2 Å². The van der Waals surface area contributed by atoms with Crippen LogP contribution in [-0.2, 0) is 11.2 Å². The van der Waals surface area contributed by atoms with Crippen molar-refractivity contribution in [3.63, 3.8) is 0 Å². The number of benzene rings is 2. The number of carbonyl (C=O) groups is 2. The van der Waals surface area contributed by atoms with Gasteiger partial charge in [0.25, 0.3) is 5.91 Å². The summed E-state index contributed by atoms with van der Waals surface area (Å²) in [6, 6.07) is 11.9. The lowest BCUT2D eigenvalue weighted by Crippen LogP contribution is -2.31. The van der Waals surface area contributed by atoms with Gasteiger partial charge >= 0.3 is 0 Å². The summed E-state index contributed by atoms with van der Waals surface area (Å²) in [5.74, 6) is 0.137. The maximum absolute atomic E-state index is 13.2. The minimum atomic E-state index is 0.00395. The molecule has 0 aliphatic carbocycles. The lowest BCUT2D eigenvalue weighted by molar-refractivity contribution is -0.118. The summed E-state index contributed by atoms with van der Waals surface area (Å²) >= 11 is 0. The molecule has 4 heteroatoms. The molecule has 0 fully saturated rings. The predicted octanol–water partition coefficient (Wildman–Crippen LogP) is 4.27. The Hall–Kier alpha value is -2.62. The Bertz CT molecular complexity index is 857. The smallest absolute Gasteiger partial charge is 0.258 e. The molecule has 2 aromatic carbocycles. The molecule has 1 aliphatic rings. The highest BCUT2D eigenvalue weighted by molar-refractivity contribution is 6.07. The van der Waals surface area contributed by atoms with Gasteiger partial charge < -0.3 is 9.80 Å². The Morgan fingerprint density at radius 2 is 1.85 bits per heavy atom. The van der Waals surface area contributed by atoms with E-state index < -0.39 is 0 Å². The predicted molar refractivity (Wildman–Crippen MR) is 106 cm³/mol. The van der Waals surface area contributed by atoms with E-state index in [-0.39, 0.29) is 11.8 Å². The van der Waals surface area contributed by atoms with Gasteiger partial charge in [-0.05, 0) is 68.1 Å². The largest absolute Gasteiger partial charge is 0.312 e. The first-order valence-corrected chi connectivity index (χ1v) is 9.28. The van der Waals surface area contributed by atoms with Crippen LogP contribution in [0.1, 0.15) is 47.3 Å². The molecule has 0 spiro atoms. The minimum Gasteiger partial charge on any atom is -0.312 e. The van der Waals surface area contributed by atoms with Gasteiger partial charge in [0, 0.05) is 36.4 Å². The normalized spacial score (nSPS) is 12.8. The summed E-state index contributed by atoms with van der Waals surface area (Å²) in [7, 11) is 0. The van der Waals surface area contributed by atoms with Crippen molar-refractivity contribution in [2.75, 3.05) is 22.9 Å². The molecule has 0 N–H and O–H groups in total. The summed E-state index contributed by atoms with van der Waals surface area (Å²) in [4.78, 5) is 28.9. The first kappa shape index (κ1) is 18.2. The summed E-state index contributed by atoms with van der Waals surface area (Å²) in [5, 5.41) is 0. The standard InChI is InChI=1S/C22H26N2O2/c1-5-21(25)24-12-11-17-14-18(9-10-19(17)24)22(26)23(6-2)20-13-15(3)7-8-16(20)4/h7-10,13-14H,5-6,11-12H2,1-4H3. The molecule has 0 aromatic heterocycles. The van der Waals surface area contributed by atoms with Gasteiger partial charge in [0.1, 0.15) is 0 Å². The molecule has 1 heterocycles. The van der Waals surface area contributed by atoms with E-state index in [1.54, 1.807) is 0 Å². The number of hydrogen-bond donors (Lipinski definition) is 0. The Morgan fingerprint density at radius 1 is 1.08 bits per heavy atom. The summed E-state index contributed by atoms with van der Waals surface area (Å²) in [6.07, 6.45) is 1.30. The molecule has 2 aromatic rings. The van der Waals surface area contributed by atoms with Crippen molar-refractivity contribution < 1.29 is 9.59 Å². The van der Waals surface area contributed by atoms with Crippen LogP contribution >= 0.6 is 0 Å². The van der Waals surface area contributed by atoms with Crippen LogP contribution in [0.15, 0.2) is 36.4 Å². The second kappa shape index (κ2) is 7.32. The molecule has 0 saturated heterocycles. The lowest BCUT2D eigenvalue weighted by atomic mass is 10.1. The average Bonchev–Trinajstić information content (AvgIpc) is 3.07. The van der Waals surface area contributed by atoms with Crippen LogP contribution < -0.4 is 9.80 Å². The molecule has 0 radical (unpaired) electrons. The van der Waals surface area contributed by atoms with E-state index in [0.717, 1.165) is 34.5 Å². The van der Waals surface area contributed by atoms with E-state index in [1.807, 2.05) is 55.7 Å². The molecule has 26 heavy (non-hydrogen) atoms. The highest BCUT2D eigenvalue weighted by atomic mass is 16.2. The van der Waals surface area contributed by atoms with Gasteiger partial charge in [-0.3, -0.25) is 9.59 Å². The summed E-state index contributed by atoms with van der Waals surface area (Å²) in [6.45, 7) is 9.25. The second-order valence-corrected chi connectivity index (χ2v) is 6.83. The number of anilines is 2. The second-order valence-electron chi connectivity index (χ2n) is 6.83. The van der Waals surface area contributed by atoms with E-state index in [0.29, 0.717) is 25.1 Å². The van der Waals surface area contributed by atoms with Crippen molar-refractivity contribution in [1.29, 1.82) is 0 Å².